The third-order valence-corrected chi connectivity index (χ3v) is 11.0. The fraction of sp³-hybridized carbons (Fsp3) is 0.341. The summed E-state index contributed by atoms with van der Waals surface area (Å²) in [7, 11) is -2.06. The fourth-order valence-electron chi connectivity index (χ4n) is 6.95. The number of carbonyl (C=O) groups is 1. The Morgan fingerprint density at radius 1 is 0.883 bits per heavy atom. The highest BCUT2D eigenvalue weighted by Gasteiger charge is 2.25. The molecule has 0 unspecified atom stereocenters. The maximum Gasteiger partial charge on any atom is 0.264 e. The molecule has 4 heterocycles. The second-order valence-corrected chi connectivity index (χ2v) is 16.1. The number of nitrogen functional groups attached to an aromatic ring is 1. The molecule has 5 aromatic rings. The molecule has 320 valence electrons. The van der Waals surface area contributed by atoms with Gasteiger partial charge in [-0.2, -0.15) is 8.42 Å². The Morgan fingerprint density at radius 2 is 1.52 bits per heavy atom. The Kier molecular flexibility index (Phi) is 15.6. The number of aryl methyl sites for hydroxylation is 1. The van der Waals surface area contributed by atoms with E-state index in [9.17, 15) is 18.0 Å². The van der Waals surface area contributed by atoms with Crippen molar-refractivity contribution in [3.63, 3.8) is 0 Å². The Balaban J connectivity index is 0.000000909. The van der Waals surface area contributed by atoms with Crippen LogP contribution >= 0.6 is 0 Å². The summed E-state index contributed by atoms with van der Waals surface area (Å²) in [5.41, 5.74) is 18.7. The number of hydrogen-bond acceptors (Lipinski definition) is 11. The average molecular weight is 845 g/mol. The molecule has 2 aromatic heterocycles. The molecule has 7 rings (SSSR count). The van der Waals surface area contributed by atoms with Gasteiger partial charge < -0.3 is 45.2 Å². The Hall–Kier alpha value is -5.62. The molecule has 2 aliphatic heterocycles. The van der Waals surface area contributed by atoms with Gasteiger partial charge in [-0.15, -0.1) is 0 Å². The monoisotopic (exact) mass is 844 g/mol. The normalized spacial score (nSPS) is 15.6. The van der Waals surface area contributed by atoms with Crippen molar-refractivity contribution >= 4 is 21.8 Å². The second kappa shape index (κ2) is 20.6. The summed E-state index contributed by atoms with van der Waals surface area (Å²) in [6.45, 7) is 7.30. The van der Waals surface area contributed by atoms with Gasteiger partial charge in [0.05, 0.1) is 38.4 Å². The van der Waals surface area contributed by atoms with E-state index in [1.165, 1.54) is 6.92 Å². The van der Waals surface area contributed by atoms with Crippen LogP contribution < -0.4 is 26.4 Å². The van der Waals surface area contributed by atoms with Crippen molar-refractivity contribution in [1.82, 2.24) is 9.55 Å². The number of anilines is 1. The van der Waals surface area contributed by atoms with E-state index in [0.29, 0.717) is 86.2 Å². The van der Waals surface area contributed by atoms with Crippen molar-refractivity contribution in [2.75, 3.05) is 58.2 Å². The molecule has 0 saturated carbocycles. The lowest BCUT2D eigenvalue weighted by Crippen LogP contribution is -2.33. The number of nitrogens with zero attached hydrogens (tertiary/aromatic N) is 2. The molecule has 0 radical (unpaired) electrons. The molecular formula is C44H52N4O11S. The van der Waals surface area contributed by atoms with E-state index in [-0.39, 0.29) is 22.9 Å². The first kappa shape index (κ1) is 45.5. The molecular weight excluding hydrogens is 793 g/mol. The van der Waals surface area contributed by atoms with Crippen LogP contribution in [0.15, 0.2) is 90.0 Å². The highest BCUT2D eigenvalue weighted by atomic mass is 32.2. The summed E-state index contributed by atoms with van der Waals surface area (Å²) in [6.07, 6.45) is 5.21. The lowest BCUT2D eigenvalue weighted by atomic mass is 9.94. The highest BCUT2D eigenvalue weighted by molar-refractivity contribution is 7.85. The zero-order valence-corrected chi connectivity index (χ0v) is 34.7. The molecule has 1 atom stereocenters. The fourth-order valence-corrected chi connectivity index (χ4v) is 6.95. The summed E-state index contributed by atoms with van der Waals surface area (Å²) < 4.78 is 57.4. The smallest absolute Gasteiger partial charge is 0.264 e. The van der Waals surface area contributed by atoms with Gasteiger partial charge in [0, 0.05) is 48.8 Å². The SMILES string of the molecule is CCS(=O)(=O)O.COc1cc(-c2cnc(N)c(-c3ccc(-c4c(C(N)=O)c(=O)c(-c5ccc(C)cc5)cn4CC4CCOCC4)cc3)c2)ccc1OC[C@H]1COCCO1.O. The number of benzene rings is 3. The van der Waals surface area contributed by atoms with Gasteiger partial charge in [0.1, 0.15) is 24.1 Å². The van der Waals surface area contributed by atoms with Crippen LogP contribution in [0.25, 0.3) is 44.6 Å². The Bertz CT molecular complexity index is 2410. The highest BCUT2D eigenvalue weighted by Crippen LogP contribution is 2.36. The zero-order chi connectivity index (χ0) is 42.1. The molecule has 0 bridgehead atoms. The predicted octanol–water partition coefficient (Wildman–Crippen LogP) is 5.20. The third kappa shape index (κ3) is 11.3. The topological polar surface area (TPSA) is 236 Å². The minimum absolute atomic E-state index is 0. The summed E-state index contributed by atoms with van der Waals surface area (Å²) in [5.74, 6) is 0.874. The maximum atomic E-state index is 14.0. The summed E-state index contributed by atoms with van der Waals surface area (Å²) in [5, 5.41) is 0. The maximum absolute atomic E-state index is 14.0. The van der Waals surface area contributed by atoms with Crippen molar-refractivity contribution in [1.29, 1.82) is 0 Å². The molecule has 2 fully saturated rings. The lowest BCUT2D eigenvalue weighted by molar-refractivity contribution is -0.101. The molecule has 0 aliphatic carbocycles. The van der Waals surface area contributed by atoms with E-state index in [1.807, 2.05) is 90.5 Å². The first-order valence-corrected chi connectivity index (χ1v) is 21.0. The molecule has 2 saturated heterocycles. The predicted molar refractivity (Wildman–Crippen MR) is 230 cm³/mol. The van der Waals surface area contributed by atoms with Crippen molar-refractivity contribution in [3.05, 3.63) is 107 Å². The largest absolute Gasteiger partial charge is 0.493 e. The molecule has 1 amide bonds. The van der Waals surface area contributed by atoms with Gasteiger partial charge in [0.25, 0.3) is 16.0 Å². The zero-order valence-electron chi connectivity index (χ0n) is 33.9. The number of rotatable bonds is 12. The van der Waals surface area contributed by atoms with Crippen LogP contribution in [0, 0.1) is 12.8 Å². The van der Waals surface area contributed by atoms with Crippen LogP contribution in [-0.2, 0) is 30.9 Å². The summed E-state index contributed by atoms with van der Waals surface area (Å²) >= 11 is 0. The molecule has 3 aromatic carbocycles. The van der Waals surface area contributed by atoms with Crippen molar-refractivity contribution in [2.24, 2.45) is 11.7 Å². The van der Waals surface area contributed by atoms with E-state index in [4.69, 9.17) is 39.7 Å². The van der Waals surface area contributed by atoms with Crippen LogP contribution in [0.4, 0.5) is 5.82 Å². The number of carbonyl (C=O) groups excluding carboxylic acids is 1. The number of ether oxygens (including phenoxy) is 5. The lowest BCUT2D eigenvalue weighted by Gasteiger charge is -2.26. The van der Waals surface area contributed by atoms with Crippen molar-refractivity contribution < 1.29 is 46.9 Å². The minimum atomic E-state index is -3.66. The summed E-state index contributed by atoms with van der Waals surface area (Å²) in [6, 6.07) is 23.0. The number of nitrogens with two attached hydrogens (primary N) is 2. The van der Waals surface area contributed by atoms with Gasteiger partial charge in [-0.1, -0.05) is 60.2 Å². The Labute approximate surface area is 349 Å². The molecule has 60 heavy (non-hydrogen) atoms. The minimum Gasteiger partial charge on any atom is -0.493 e. The Morgan fingerprint density at radius 3 is 2.13 bits per heavy atom. The van der Waals surface area contributed by atoms with Gasteiger partial charge >= 0.3 is 0 Å². The standard InChI is InChI=1S/C42H44N4O7.C2H6O3S.H2O/c1-26-3-5-29(6-4-26)35-23-46(22-27-13-15-50-16-14-27)39(38(40(35)47)42(44)48)30-9-7-28(8-10-30)34-19-32(21-45-41(34)43)31-11-12-36(37(20-31)49-2)53-25-33-24-51-17-18-52-33;1-2-6(3,4)5;/h3-12,19-21,23,27,33H,13-18,22,24-25H2,1-2H3,(H2,43,45)(H2,44,48);2H2,1H3,(H,3,4,5);1H2/t33-;;/m1../s1. The molecule has 0 spiro atoms. The second-order valence-electron chi connectivity index (χ2n) is 14.4. The van der Waals surface area contributed by atoms with E-state index in [2.05, 4.69) is 4.98 Å². The third-order valence-electron chi connectivity index (χ3n) is 10.2. The number of pyridine rings is 2. The van der Waals surface area contributed by atoms with Gasteiger partial charge in [-0.3, -0.25) is 14.1 Å². The van der Waals surface area contributed by atoms with E-state index in [0.717, 1.165) is 46.2 Å². The van der Waals surface area contributed by atoms with Gasteiger partial charge in [0.15, 0.2) is 11.5 Å². The van der Waals surface area contributed by atoms with Crippen LogP contribution in [0.1, 0.15) is 35.7 Å². The van der Waals surface area contributed by atoms with E-state index in [1.54, 1.807) is 13.3 Å². The number of primary amides is 1. The number of amides is 1. The van der Waals surface area contributed by atoms with Gasteiger partial charge in [-0.25, -0.2) is 4.98 Å². The van der Waals surface area contributed by atoms with Gasteiger partial charge in [0.2, 0.25) is 5.43 Å². The quantitative estimate of drug-likeness (QED) is 0.138. The molecule has 16 heteroatoms. The van der Waals surface area contributed by atoms with Crippen LogP contribution in [-0.4, -0.2) is 92.5 Å². The summed E-state index contributed by atoms with van der Waals surface area (Å²) in [4.78, 5) is 31.7. The first-order valence-electron chi connectivity index (χ1n) is 19.4. The molecule has 15 nitrogen and oxygen atoms in total. The van der Waals surface area contributed by atoms with Crippen molar-refractivity contribution in [2.45, 2.75) is 39.3 Å². The van der Waals surface area contributed by atoms with E-state index >= 15 is 0 Å². The number of methoxy groups -OCH3 is 1. The average Bonchev–Trinajstić information content (AvgIpc) is 3.24. The molecule has 2 aliphatic rings. The van der Waals surface area contributed by atoms with Crippen LogP contribution in [0.3, 0.4) is 0 Å². The van der Waals surface area contributed by atoms with Crippen LogP contribution in [0.5, 0.6) is 11.5 Å². The van der Waals surface area contributed by atoms with E-state index < -0.39 is 21.5 Å². The van der Waals surface area contributed by atoms with Crippen LogP contribution in [0.2, 0.25) is 0 Å². The number of aromatic nitrogens is 2. The molecule has 7 N–H and O–H groups in total. The first-order chi connectivity index (χ1) is 28.3. The van der Waals surface area contributed by atoms with Crippen molar-refractivity contribution in [3.8, 4) is 56.1 Å². The van der Waals surface area contributed by atoms with Gasteiger partial charge in [-0.05, 0) is 73.1 Å². The number of hydrogen-bond donors (Lipinski definition) is 3.